The highest BCUT2D eigenvalue weighted by Gasteiger charge is 2.31. The van der Waals surface area contributed by atoms with Crippen LogP contribution >= 0.6 is 0 Å². The molecule has 2 unspecified atom stereocenters. The van der Waals surface area contributed by atoms with Crippen LogP contribution in [0.5, 0.6) is 5.75 Å². The fraction of sp³-hybridized carbons (Fsp3) is 0.312. The maximum absolute atomic E-state index is 12.3. The molecule has 2 N–H and O–H groups in total. The Bertz CT molecular complexity index is 765. The molecule has 3 aliphatic rings. The fourth-order valence-electron chi connectivity index (χ4n) is 2.67. The first-order chi connectivity index (χ1) is 11.1. The van der Waals surface area contributed by atoms with Crippen LogP contribution in [-0.2, 0) is 9.53 Å². The molecule has 4 rings (SSSR count). The summed E-state index contributed by atoms with van der Waals surface area (Å²) in [6, 6.07) is 4.70. The molecule has 0 aliphatic carbocycles. The van der Waals surface area contributed by atoms with E-state index >= 15 is 0 Å². The van der Waals surface area contributed by atoms with Crippen molar-refractivity contribution in [2.24, 2.45) is 4.99 Å². The van der Waals surface area contributed by atoms with Crippen molar-refractivity contribution >= 4 is 28.9 Å². The zero-order valence-electron chi connectivity index (χ0n) is 12.5. The van der Waals surface area contributed by atoms with E-state index in [-0.39, 0.29) is 18.1 Å². The summed E-state index contributed by atoms with van der Waals surface area (Å²) in [6.45, 7) is 2.91. The monoisotopic (exact) mass is 313 g/mol. The number of benzene rings is 1. The largest absolute Gasteiger partial charge is 0.490 e. The molecule has 3 aliphatic heterocycles. The molecule has 0 spiro atoms. The Morgan fingerprint density at radius 3 is 2.96 bits per heavy atom. The van der Waals surface area contributed by atoms with Gasteiger partial charge in [-0.15, -0.1) is 0 Å². The van der Waals surface area contributed by atoms with Crippen molar-refractivity contribution in [2.75, 3.05) is 18.5 Å². The van der Waals surface area contributed by atoms with Crippen molar-refractivity contribution in [1.29, 1.82) is 0 Å². The molecule has 0 bridgehead atoms. The SMILES string of the molecule is CC1=NC(=O)NC1C=C1C(=O)Nc2cccc(OCC3CO3)c21. The van der Waals surface area contributed by atoms with Crippen LogP contribution in [0.15, 0.2) is 29.3 Å². The first-order valence-corrected chi connectivity index (χ1v) is 7.38. The Kier molecular flexibility index (Phi) is 3.16. The van der Waals surface area contributed by atoms with Crippen LogP contribution in [0.3, 0.4) is 0 Å². The number of hydrogen-bond acceptors (Lipinski definition) is 4. The number of urea groups is 1. The van der Waals surface area contributed by atoms with Gasteiger partial charge < -0.3 is 20.1 Å². The van der Waals surface area contributed by atoms with Gasteiger partial charge >= 0.3 is 6.03 Å². The lowest BCUT2D eigenvalue weighted by Crippen LogP contribution is -2.29. The second-order valence-electron chi connectivity index (χ2n) is 5.66. The number of aliphatic imine (C=N–C) groups is 1. The minimum absolute atomic E-state index is 0.131. The number of ether oxygens (including phenoxy) is 2. The van der Waals surface area contributed by atoms with Crippen molar-refractivity contribution < 1.29 is 19.1 Å². The van der Waals surface area contributed by atoms with Gasteiger partial charge in [0.1, 0.15) is 18.5 Å². The van der Waals surface area contributed by atoms with Crippen LogP contribution in [0, 0.1) is 0 Å². The van der Waals surface area contributed by atoms with Gasteiger partial charge in [-0.05, 0) is 25.1 Å². The minimum atomic E-state index is -0.390. The summed E-state index contributed by atoms with van der Waals surface area (Å²) < 4.78 is 10.9. The number of hydrogen-bond donors (Lipinski definition) is 2. The van der Waals surface area contributed by atoms with E-state index in [9.17, 15) is 9.59 Å². The third-order valence-corrected chi connectivity index (χ3v) is 3.96. The number of amides is 3. The second kappa shape index (κ2) is 5.20. The van der Waals surface area contributed by atoms with E-state index in [2.05, 4.69) is 15.6 Å². The molecule has 3 amide bonds. The van der Waals surface area contributed by atoms with Gasteiger partial charge in [-0.25, -0.2) is 9.79 Å². The van der Waals surface area contributed by atoms with Gasteiger partial charge in [0.05, 0.1) is 29.5 Å². The van der Waals surface area contributed by atoms with E-state index in [0.717, 1.165) is 0 Å². The lowest BCUT2D eigenvalue weighted by atomic mass is 10.0. The molecule has 2 atom stereocenters. The Balaban J connectivity index is 1.68. The molecule has 3 heterocycles. The van der Waals surface area contributed by atoms with Crippen LogP contribution in [0.1, 0.15) is 12.5 Å². The highest BCUT2D eigenvalue weighted by atomic mass is 16.6. The molecule has 1 fully saturated rings. The predicted octanol–water partition coefficient (Wildman–Crippen LogP) is 1.35. The van der Waals surface area contributed by atoms with Gasteiger partial charge in [0.15, 0.2) is 0 Å². The quantitative estimate of drug-likeness (QED) is 0.648. The Morgan fingerprint density at radius 2 is 2.26 bits per heavy atom. The van der Waals surface area contributed by atoms with E-state index < -0.39 is 6.03 Å². The average Bonchev–Trinajstić information content (AvgIpc) is 3.21. The Hall–Kier alpha value is -2.67. The lowest BCUT2D eigenvalue weighted by Gasteiger charge is -2.11. The van der Waals surface area contributed by atoms with E-state index in [4.69, 9.17) is 9.47 Å². The Morgan fingerprint density at radius 1 is 1.43 bits per heavy atom. The molecule has 1 aromatic rings. The molecule has 1 saturated heterocycles. The van der Waals surface area contributed by atoms with E-state index in [1.807, 2.05) is 18.2 Å². The highest BCUT2D eigenvalue weighted by molar-refractivity contribution is 6.33. The average molecular weight is 313 g/mol. The van der Waals surface area contributed by atoms with Crippen molar-refractivity contribution in [2.45, 2.75) is 19.1 Å². The molecule has 0 radical (unpaired) electrons. The number of rotatable bonds is 4. The fourth-order valence-corrected chi connectivity index (χ4v) is 2.67. The summed E-state index contributed by atoms with van der Waals surface area (Å²) in [5.74, 6) is 0.411. The number of epoxide rings is 1. The molecule has 0 saturated carbocycles. The summed E-state index contributed by atoms with van der Waals surface area (Å²) in [5, 5.41) is 5.52. The first kappa shape index (κ1) is 14.0. The van der Waals surface area contributed by atoms with Crippen LogP contribution < -0.4 is 15.4 Å². The van der Waals surface area contributed by atoms with Crippen LogP contribution in [0.25, 0.3) is 5.57 Å². The summed E-state index contributed by atoms with van der Waals surface area (Å²) in [4.78, 5) is 27.5. The number of fused-ring (bicyclic) bond motifs is 1. The molecule has 7 heteroatoms. The van der Waals surface area contributed by atoms with Crippen LogP contribution in [-0.4, -0.2) is 43.0 Å². The normalized spacial score (nSPS) is 26.7. The predicted molar refractivity (Wildman–Crippen MR) is 83.7 cm³/mol. The lowest BCUT2D eigenvalue weighted by molar-refractivity contribution is -0.110. The summed E-state index contributed by atoms with van der Waals surface area (Å²) in [6.07, 6.45) is 1.85. The summed E-state index contributed by atoms with van der Waals surface area (Å²) >= 11 is 0. The molecule has 0 aromatic heterocycles. The topological polar surface area (TPSA) is 92.3 Å². The standard InChI is InChI=1S/C16H15N3O4/c1-8-12(19-16(21)17-8)5-10-14-11(18-15(10)20)3-2-4-13(14)23-7-9-6-22-9/h2-5,9,12H,6-7H2,1H3,(H,18,20)(H,19,21). The van der Waals surface area contributed by atoms with Gasteiger partial charge in [0.25, 0.3) is 5.91 Å². The number of nitrogens with zero attached hydrogens (tertiary/aromatic N) is 1. The zero-order chi connectivity index (χ0) is 16.0. The third kappa shape index (κ3) is 2.59. The van der Waals surface area contributed by atoms with Crippen molar-refractivity contribution in [3.8, 4) is 5.75 Å². The summed E-state index contributed by atoms with van der Waals surface area (Å²) in [5.41, 5.74) is 2.53. The van der Waals surface area contributed by atoms with Crippen molar-refractivity contribution in [1.82, 2.24) is 5.32 Å². The van der Waals surface area contributed by atoms with Gasteiger partial charge in [0, 0.05) is 5.71 Å². The van der Waals surface area contributed by atoms with Crippen LogP contribution in [0.2, 0.25) is 0 Å². The van der Waals surface area contributed by atoms with Gasteiger partial charge in [-0.3, -0.25) is 4.79 Å². The molecule has 23 heavy (non-hydrogen) atoms. The smallest absolute Gasteiger partial charge is 0.341 e. The van der Waals surface area contributed by atoms with Crippen molar-refractivity contribution in [3.63, 3.8) is 0 Å². The number of nitrogens with one attached hydrogen (secondary N) is 2. The van der Waals surface area contributed by atoms with E-state index in [1.165, 1.54) is 0 Å². The molecule has 118 valence electrons. The van der Waals surface area contributed by atoms with Gasteiger partial charge in [-0.1, -0.05) is 6.07 Å². The zero-order valence-corrected chi connectivity index (χ0v) is 12.5. The maximum Gasteiger partial charge on any atom is 0.341 e. The number of anilines is 1. The van der Waals surface area contributed by atoms with E-state index in [0.29, 0.717) is 41.5 Å². The first-order valence-electron chi connectivity index (χ1n) is 7.38. The summed E-state index contributed by atoms with van der Waals surface area (Å²) in [7, 11) is 0. The Labute approximate surface area is 132 Å². The van der Waals surface area contributed by atoms with E-state index in [1.54, 1.807) is 13.0 Å². The molecular weight excluding hydrogens is 298 g/mol. The third-order valence-electron chi connectivity index (χ3n) is 3.96. The van der Waals surface area contributed by atoms with Gasteiger partial charge in [0.2, 0.25) is 0 Å². The van der Waals surface area contributed by atoms with Gasteiger partial charge in [-0.2, -0.15) is 0 Å². The number of carbonyl (C=O) groups excluding carboxylic acids is 2. The van der Waals surface area contributed by atoms with Crippen molar-refractivity contribution in [3.05, 3.63) is 29.8 Å². The number of carbonyl (C=O) groups is 2. The molecular formula is C16H15N3O4. The molecule has 7 nitrogen and oxygen atoms in total. The molecule has 1 aromatic carbocycles. The maximum atomic E-state index is 12.3. The van der Waals surface area contributed by atoms with Crippen LogP contribution in [0.4, 0.5) is 10.5 Å². The second-order valence-corrected chi connectivity index (χ2v) is 5.66. The highest BCUT2D eigenvalue weighted by Crippen LogP contribution is 2.39. The minimum Gasteiger partial charge on any atom is -0.490 e.